The zero-order chi connectivity index (χ0) is 21.7. The maximum absolute atomic E-state index is 12.3. The first-order chi connectivity index (χ1) is 14.4. The molecule has 0 fully saturated rings. The number of rotatable bonds is 7. The summed E-state index contributed by atoms with van der Waals surface area (Å²) >= 11 is 0. The molecule has 1 aromatic carbocycles. The molecule has 1 aliphatic heterocycles. The Balaban J connectivity index is 1.52. The Morgan fingerprint density at radius 1 is 1.13 bits per heavy atom. The predicted octanol–water partition coefficient (Wildman–Crippen LogP) is 1.24. The van der Waals surface area contributed by atoms with E-state index < -0.39 is 36.3 Å². The summed E-state index contributed by atoms with van der Waals surface area (Å²) in [5.41, 5.74) is 0.229. The maximum Gasteiger partial charge on any atom is 0.338 e. The van der Waals surface area contributed by atoms with Crippen LogP contribution in [0.1, 0.15) is 36.8 Å². The molecule has 10 heteroatoms. The number of urea groups is 1. The summed E-state index contributed by atoms with van der Waals surface area (Å²) in [5.74, 6) is -2.25. The average molecular weight is 411 g/mol. The summed E-state index contributed by atoms with van der Waals surface area (Å²) in [6.45, 7) is 2.92. The largest absolute Gasteiger partial charge is 0.467 e. The number of carbonyl (C=O) groups excluding carboxylic acids is 5. The van der Waals surface area contributed by atoms with Crippen molar-refractivity contribution < 1.29 is 33.1 Å². The minimum Gasteiger partial charge on any atom is -0.467 e. The van der Waals surface area contributed by atoms with Gasteiger partial charge in [0.25, 0.3) is 17.7 Å². The first-order valence-electron chi connectivity index (χ1n) is 8.79. The van der Waals surface area contributed by atoms with Gasteiger partial charge in [0.1, 0.15) is 5.76 Å². The van der Waals surface area contributed by atoms with E-state index in [-0.39, 0.29) is 29.8 Å². The summed E-state index contributed by atoms with van der Waals surface area (Å²) in [6, 6.07) is 6.41. The Hall–Kier alpha value is -4.21. The number of furan rings is 1. The number of nitrogens with one attached hydrogen (secondary N) is 2. The SMILES string of the molecule is C=CCN1C(=O)c2ccc(C(=O)OCC(=O)NC(=O)NCc3ccco3)cc2C1=O. The highest BCUT2D eigenvalue weighted by molar-refractivity contribution is 6.22. The molecule has 0 aliphatic carbocycles. The number of imide groups is 2. The summed E-state index contributed by atoms with van der Waals surface area (Å²) < 4.78 is 9.90. The monoisotopic (exact) mass is 411 g/mol. The molecule has 30 heavy (non-hydrogen) atoms. The maximum atomic E-state index is 12.3. The molecule has 0 bridgehead atoms. The van der Waals surface area contributed by atoms with Crippen molar-refractivity contribution in [2.75, 3.05) is 13.2 Å². The van der Waals surface area contributed by atoms with Gasteiger partial charge >= 0.3 is 12.0 Å². The second-order valence-corrected chi connectivity index (χ2v) is 6.16. The third-order valence-corrected chi connectivity index (χ3v) is 4.11. The number of carbonyl (C=O) groups is 5. The molecule has 0 saturated carbocycles. The van der Waals surface area contributed by atoms with Gasteiger partial charge in [-0.15, -0.1) is 6.58 Å². The Labute approximate surface area is 170 Å². The number of ether oxygens (including phenoxy) is 1. The van der Waals surface area contributed by atoms with Crippen molar-refractivity contribution in [3.63, 3.8) is 0 Å². The second kappa shape index (κ2) is 8.86. The highest BCUT2D eigenvalue weighted by Crippen LogP contribution is 2.24. The number of hydrogen-bond donors (Lipinski definition) is 2. The van der Waals surface area contributed by atoms with Crippen molar-refractivity contribution in [2.45, 2.75) is 6.54 Å². The number of hydrogen-bond acceptors (Lipinski definition) is 7. The molecule has 1 aliphatic rings. The Bertz CT molecular complexity index is 1030. The lowest BCUT2D eigenvalue weighted by Gasteiger charge is -2.09. The number of amides is 5. The van der Waals surface area contributed by atoms with Crippen LogP contribution in [0, 0.1) is 0 Å². The van der Waals surface area contributed by atoms with Crippen molar-refractivity contribution in [2.24, 2.45) is 0 Å². The van der Waals surface area contributed by atoms with Gasteiger partial charge in [0, 0.05) is 6.54 Å². The molecule has 1 aromatic heterocycles. The van der Waals surface area contributed by atoms with Crippen LogP contribution in [0.15, 0.2) is 53.7 Å². The smallest absolute Gasteiger partial charge is 0.338 e. The third kappa shape index (κ3) is 4.43. The number of benzene rings is 1. The molecule has 2 heterocycles. The Morgan fingerprint density at radius 2 is 1.90 bits per heavy atom. The van der Waals surface area contributed by atoms with Gasteiger partial charge in [-0.1, -0.05) is 6.08 Å². The van der Waals surface area contributed by atoms with Gasteiger partial charge in [-0.25, -0.2) is 9.59 Å². The minimum atomic E-state index is -0.883. The first kappa shape index (κ1) is 20.5. The van der Waals surface area contributed by atoms with Gasteiger partial charge in [0.15, 0.2) is 6.61 Å². The molecule has 0 atom stereocenters. The van der Waals surface area contributed by atoms with Crippen LogP contribution in [0.3, 0.4) is 0 Å². The van der Waals surface area contributed by atoms with Crippen molar-refractivity contribution in [1.29, 1.82) is 0 Å². The van der Waals surface area contributed by atoms with Gasteiger partial charge in [-0.3, -0.25) is 24.6 Å². The van der Waals surface area contributed by atoms with Crippen LogP contribution in [0.5, 0.6) is 0 Å². The van der Waals surface area contributed by atoms with Crippen LogP contribution in [-0.4, -0.2) is 47.8 Å². The van der Waals surface area contributed by atoms with E-state index in [0.29, 0.717) is 5.76 Å². The summed E-state index contributed by atoms with van der Waals surface area (Å²) in [4.78, 5) is 61.0. The molecule has 10 nitrogen and oxygen atoms in total. The van der Waals surface area contributed by atoms with Crippen molar-refractivity contribution in [1.82, 2.24) is 15.5 Å². The quantitative estimate of drug-likeness (QED) is 0.398. The molecule has 2 aromatic rings. The molecule has 0 spiro atoms. The van der Waals surface area contributed by atoms with Crippen LogP contribution in [0.25, 0.3) is 0 Å². The van der Waals surface area contributed by atoms with E-state index in [1.807, 2.05) is 5.32 Å². The van der Waals surface area contributed by atoms with Crippen LogP contribution >= 0.6 is 0 Å². The fourth-order valence-electron chi connectivity index (χ4n) is 2.71. The van der Waals surface area contributed by atoms with Gasteiger partial charge in [-0.2, -0.15) is 0 Å². The lowest BCUT2D eigenvalue weighted by molar-refractivity contribution is -0.123. The minimum absolute atomic E-state index is 0.00887. The van der Waals surface area contributed by atoms with E-state index in [9.17, 15) is 24.0 Å². The number of esters is 1. The lowest BCUT2D eigenvalue weighted by atomic mass is 10.1. The van der Waals surface area contributed by atoms with Gasteiger partial charge in [0.05, 0.1) is 29.5 Å². The van der Waals surface area contributed by atoms with Crippen LogP contribution in [0.2, 0.25) is 0 Å². The zero-order valence-electron chi connectivity index (χ0n) is 15.7. The van der Waals surface area contributed by atoms with E-state index >= 15 is 0 Å². The molecular weight excluding hydrogens is 394 g/mol. The molecule has 5 amide bonds. The number of fused-ring (bicyclic) bond motifs is 1. The predicted molar refractivity (Wildman–Crippen MR) is 101 cm³/mol. The Kier molecular flexibility index (Phi) is 6.06. The highest BCUT2D eigenvalue weighted by atomic mass is 16.5. The van der Waals surface area contributed by atoms with Gasteiger partial charge in [0.2, 0.25) is 0 Å². The van der Waals surface area contributed by atoms with Gasteiger partial charge < -0.3 is 14.5 Å². The molecule has 0 saturated heterocycles. The van der Waals surface area contributed by atoms with Crippen molar-refractivity contribution >= 4 is 29.7 Å². The molecule has 2 N–H and O–H groups in total. The summed E-state index contributed by atoms with van der Waals surface area (Å²) in [5, 5.41) is 4.40. The fourth-order valence-corrected chi connectivity index (χ4v) is 2.71. The lowest BCUT2D eigenvalue weighted by Crippen LogP contribution is -2.41. The van der Waals surface area contributed by atoms with Crippen LogP contribution in [0.4, 0.5) is 4.79 Å². The molecule has 3 rings (SSSR count). The zero-order valence-corrected chi connectivity index (χ0v) is 15.7. The van der Waals surface area contributed by atoms with E-state index in [2.05, 4.69) is 11.9 Å². The third-order valence-electron chi connectivity index (χ3n) is 4.11. The molecular formula is C20H17N3O7. The summed E-state index contributed by atoms with van der Waals surface area (Å²) in [6.07, 6.45) is 2.86. The molecule has 0 radical (unpaired) electrons. The van der Waals surface area contributed by atoms with Crippen LogP contribution < -0.4 is 10.6 Å². The topological polar surface area (TPSA) is 135 Å². The summed E-state index contributed by atoms with van der Waals surface area (Å²) in [7, 11) is 0. The standard InChI is InChI=1S/C20H17N3O7/c1-2-7-23-17(25)14-6-5-12(9-15(14)18(23)26)19(27)30-11-16(24)22-20(28)21-10-13-4-3-8-29-13/h2-6,8-9H,1,7,10-11H2,(H2,21,22,24,28). The normalized spacial score (nSPS) is 12.3. The van der Waals surface area contributed by atoms with Crippen molar-refractivity contribution in [3.05, 3.63) is 71.7 Å². The van der Waals surface area contributed by atoms with E-state index in [4.69, 9.17) is 9.15 Å². The van der Waals surface area contributed by atoms with Crippen molar-refractivity contribution in [3.8, 4) is 0 Å². The van der Waals surface area contributed by atoms with E-state index in [0.717, 1.165) is 4.90 Å². The fraction of sp³-hybridized carbons (Fsp3) is 0.150. The van der Waals surface area contributed by atoms with E-state index in [1.165, 1.54) is 30.5 Å². The Morgan fingerprint density at radius 3 is 2.60 bits per heavy atom. The molecule has 0 unspecified atom stereocenters. The average Bonchev–Trinajstić information content (AvgIpc) is 3.33. The van der Waals surface area contributed by atoms with Crippen LogP contribution in [-0.2, 0) is 16.1 Å². The first-order valence-corrected chi connectivity index (χ1v) is 8.79. The molecule has 154 valence electrons. The second-order valence-electron chi connectivity index (χ2n) is 6.16. The number of nitrogens with zero attached hydrogens (tertiary/aromatic N) is 1. The van der Waals surface area contributed by atoms with E-state index in [1.54, 1.807) is 12.1 Å². The van der Waals surface area contributed by atoms with Gasteiger partial charge in [-0.05, 0) is 30.3 Å². The highest BCUT2D eigenvalue weighted by Gasteiger charge is 2.35.